The third-order valence-corrected chi connectivity index (χ3v) is 3.70. The first-order chi connectivity index (χ1) is 11.0. The van der Waals surface area contributed by atoms with E-state index in [9.17, 15) is 14.9 Å². The van der Waals surface area contributed by atoms with E-state index in [1.54, 1.807) is 30.3 Å². The maximum atomic E-state index is 11.8. The molecule has 1 amide bonds. The highest BCUT2D eigenvalue weighted by atomic mass is 35.5. The molecule has 23 heavy (non-hydrogen) atoms. The number of carbonyl (C=O) groups is 1. The van der Waals surface area contributed by atoms with Crippen LogP contribution in [0.2, 0.25) is 10.0 Å². The van der Waals surface area contributed by atoms with E-state index in [0.717, 1.165) is 5.56 Å². The number of amides is 1. The molecular weight excluding hydrogens is 339 g/mol. The molecule has 1 N–H and O–H groups in total. The number of nitro groups is 1. The highest BCUT2D eigenvalue weighted by Crippen LogP contribution is 2.22. The second-order valence-electron chi connectivity index (χ2n) is 4.65. The molecule has 0 heterocycles. The Morgan fingerprint density at radius 3 is 2.65 bits per heavy atom. The second-order valence-corrected chi connectivity index (χ2v) is 5.47. The van der Waals surface area contributed by atoms with Crippen molar-refractivity contribution in [2.45, 2.75) is 6.54 Å². The molecule has 5 nitrogen and oxygen atoms in total. The van der Waals surface area contributed by atoms with Crippen molar-refractivity contribution in [3.63, 3.8) is 0 Å². The number of non-ortho nitro benzene ring substituents is 1. The summed E-state index contributed by atoms with van der Waals surface area (Å²) in [7, 11) is 0. The van der Waals surface area contributed by atoms with E-state index in [4.69, 9.17) is 23.2 Å². The van der Waals surface area contributed by atoms with Crippen LogP contribution in [0.15, 0.2) is 48.5 Å². The lowest BCUT2D eigenvalue weighted by molar-refractivity contribution is -0.384. The van der Waals surface area contributed by atoms with E-state index in [0.29, 0.717) is 22.2 Å². The zero-order valence-corrected chi connectivity index (χ0v) is 13.3. The van der Waals surface area contributed by atoms with Gasteiger partial charge < -0.3 is 5.32 Å². The van der Waals surface area contributed by atoms with Gasteiger partial charge in [0.15, 0.2) is 0 Å². The molecule has 0 saturated heterocycles. The number of hydrogen-bond donors (Lipinski definition) is 1. The molecule has 2 aromatic rings. The fourth-order valence-electron chi connectivity index (χ4n) is 1.81. The summed E-state index contributed by atoms with van der Waals surface area (Å²) in [6, 6.07) is 11.1. The minimum atomic E-state index is -0.484. The van der Waals surface area contributed by atoms with Crippen LogP contribution in [-0.4, -0.2) is 10.8 Å². The van der Waals surface area contributed by atoms with Gasteiger partial charge in [-0.1, -0.05) is 41.4 Å². The van der Waals surface area contributed by atoms with Crippen molar-refractivity contribution in [2.24, 2.45) is 0 Å². The van der Waals surface area contributed by atoms with Crippen molar-refractivity contribution in [1.82, 2.24) is 5.32 Å². The predicted molar refractivity (Wildman–Crippen MR) is 90.4 cm³/mol. The van der Waals surface area contributed by atoms with Crippen LogP contribution >= 0.6 is 23.2 Å². The zero-order chi connectivity index (χ0) is 16.8. The molecule has 0 bridgehead atoms. The Labute approximate surface area is 142 Å². The molecule has 0 unspecified atom stereocenters. The number of benzene rings is 2. The average molecular weight is 351 g/mol. The van der Waals surface area contributed by atoms with Gasteiger partial charge >= 0.3 is 0 Å². The standard InChI is InChI=1S/C16H12Cl2N2O3/c17-14-6-4-12(9-15(14)18)10-19-16(21)7-5-11-2-1-3-13(8-11)20(22)23/h1-9H,10H2,(H,19,21). The van der Waals surface area contributed by atoms with Crippen molar-refractivity contribution >= 4 is 40.9 Å². The van der Waals surface area contributed by atoms with Gasteiger partial charge in [0.1, 0.15) is 0 Å². The van der Waals surface area contributed by atoms with E-state index in [1.807, 2.05) is 0 Å². The van der Waals surface area contributed by atoms with Gasteiger partial charge in [-0.05, 0) is 29.3 Å². The molecule has 0 radical (unpaired) electrons. The molecular formula is C16H12Cl2N2O3. The molecule has 7 heteroatoms. The summed E-state index contributed by atoms with van der Waals surface area (Å²) in [6.45, 7) is 0.301. The highest BCUT2D eigenvalue weighted by molar-refractivity contribution is 6.42. The molecule has 0 aliphatic carbocycles. The molecule has 0 aliphatic rings. The van der Waals surface area contributed by atoms with Gasteiger partial charge in [-0.2, -0.15) is 0 Å². The summed E-state index contributed by atoms with van der Waals surface area (Å²) in [4.78, 5) is 22.0. The maximum Gasteiger partial charge on any atom is 0.270 e. The van der Waals surface area contributed by atoms with E-state index < -0.39 is 4.92 Å². The first-order valence-electron chi connectivity index (χ1n) is 6.60. The largest absolute Gasteiger partial charge is 0.348 e. The lowest BCUT2D eigenvalue weighted by Crippen LogP contribution is -2.20. The van der Waals surface area contributed by atoms with Crippen molar-refractivity contribution in [3.8, 4) is 0 Å². The van der Waals surface area contributed by atoms with Crippen LogP contribution in [0.3, 0.4) is 0 Å². The Hall–Kier alpha value is -2.37. The van der Waals surface area contributed by atoms with E-state index in [-0.39, 0.29) is 11.6 Å². The first-order valence-corrected chi connectivity index (χ1v) is 7.35. The normalized spacial score (nSPS) is 10.7. The molecule has 0 fully saturated rings. The van der Waals surface area contributed by atoms with Gasteiger partial charge in [-0.15, -0.1) is 0 Å². The van der Waals surface area contributed by atoms with Crippen LogP contribution in [0.5, 0.6) is 0 Å². The zero-order valence-electron chi connectivity index (χ0n) is 11.8. The minimum absolute atomic E-state index is 0.0247. The van der Waals surface area contributed by atoms with E-state index in [1.165, 1.54) is 24.3 Å². The van der Waals surface area contributed by atoms with E-state index in [2.05, 4.69) is 5.32 Å². The Bertz CT molecular complexity index is 776. The number of halogens is 2. The van der Waals surface area contributed by atoms with Gasteiger partial charge in [0, 0.05) is 24.8 Å². The molecule has 118 valence electrons. The lowest BCUT2D eigenvalue weighted by Gasteiger charge is -2.04. The van der Waals surface area contributed by atoms with Gasteiger partial charge in [0.25, 0.3) is 5.69 Å². The number of nitrogens with one attached hydrogen (secondary N) is 1. The summed E-state index contributed by atoms with van der Waals surface area (Å²) in [5, 5.41) is 14.2. The Morgan fingerprint density at radius 2 is 1.96 bits per heavy atom. The van der Waals surface area contributed by atoms with Crippen LogP contribution in [0, 0.1) is 10.1 Å². The lowest BCUT2D eigenvalue weighted by atomic mass is 10.2. The topological polar surface area (TPSA) is 72.2 Å². The summed E-state index contributed by atoms with van der Waals surface area (Å²) >= 11 is 11.7. The third-order valence-electron chi connectivity index (χ3n) is 2.96. The highest BCUT2D eigenvalue weighted by Gasteiger charge is 2.04. The van der Waals surface area contributed by atoms with Gasteiger partial charge in [0.2, 0.25) is 5.91 Å². The number of nitro benzene ring substituents is 1. The minimum Gasteiger partial charge on any atom is -0.348 e. The van der Waals surface area contributed by atoms with Crippen LogP contribution in [0.25, 0.3) is 6.08 Å². The fourth-order valence-corrected chi connectivity index (χ4v) is 2.13. The summed E-state index contributed by atoms with van der Waals surface area (Å²) in [5.41, 5.74) is 1.36. The number of carbonyl (C=O) groups excluding carboxylic acids is 1. The maximum absolute atomic E-state index is 11.8. The molecule has 2 rings (SSSR count). The van der Waals surface area contributed by atoms with Crippen molar-refractivity contribution in [1.29, 1.82) is 0 Å². The average Bonchev–Trinajstić information content (AvgIpc) is 2.54. The summed E-state index contributed by atoms with van der Waals surface area (Å²) < 4.78 is 0. The monoisotopic (exact) mass is 350 g/mol. The molecule has 0 saturated carbocycles. The SMILES string of the molecule is O=C(C=Cc1cccc([N+](=O)[O-])c1)NCc1ccc(Cl)c(Cl)c1. The Morgan fingerprint density at radius 1 is 1.17 bits per heavy atom. The summed E-state index contributed by atoms with van der Waals surface area (Å²) in [6.07, 6.45) is 2.83. The van der Waals surface area contributed by atoms with Crippen molar-refractivity contribution in [3.05, 3.63) is 79.8 Å². The van der Waals surface area contributed by atoms with Gasteiger partial charge in [-0.3, -0.25) is 14.9 Å². The van der Waals surface area contributed by atoms with Crippen LogP contribution < -0.4 is 5.32 Å². The van der Waals surface area contributed by atoms with Crippen molar-refractivity contribution < 1.29 is 9.72 Å². The number of hydrogen-bond acceptors (Lipinski definition) is 3. The van der Waals surface area contributed by atoms with Crippen LogP contribution in [0.1, 0.15) is 11.1 Å². The second kappa shape index (κ2) is 7.76. The third kappa shape index (κ3) is 5.09. The van der Waals surface area contributed by atoms with E-state index >= 15 is 0 Å². The first kappa shape index (κ1) is 17.0. The molecule has 0 spiro atoms. The molecule has 2 aromatic carbocycles. The van der Waals surface area contributed by atoms with Gasteiger partial charge in [-0.25, -0.2) is 0 Å². The number of rotatable bonds is 5. The molecule has 0 atom stereocenters. The smallest absolute Gasteiger partial charge is 0.270 e. The Kier molecular flexibility index (Phi) is 5.73. The Balaban J connectivity index is 1.95. The number of nitrogens with zero attached hydrogens (tertiary/aromatic N) is 1. The van der Waals surface area contributed by atoms with Crippen LogP contribution in [0.4, 0.5) is 5.69 Å². The molecule has 0 aliphatic heterocycles. The van der Waals surface area contributed by atoms with Crippen molar-refractivity contribution in [2.75, 3.05) is 0 Å². The quantitative estimate of drug-likeness (QED) is 0.498. The molecule has 0 aromatic heterocycles. The fraction of sp³-hybridized carbons (Fsp3) is 0.0625. The van der Waals surface area contributed by atoms with Crippen LogP contribution in [-0.2, 0) is 11.3 Å². The van der Waals surface area contributed by atoms with Gasteiger partial charge in [0.05, 0.1) is 15.0 Å². The predicted octanol–water partition coefficient (Wildman–Crippen LogP) is 4.23. The summed E-state index contributed by atoms with van der Waals surface area (Å²) in [5.74, 6) is -0.317.